The monoisotopic (exact) mass is 488 g/mol. The Bertz CT molecular complexity index is 1330. The summed E-state index contributed by atoms with van der Waals surface area (Å²) in [6, 6.07) is 25.9. The van der Waals surface area contributed by atoms with E-state index in [1.807, 2.05) is 60.7 Å². The molecule has 2 amide bonds. The van der Waals surface area contributed by atoms with Crippen molar-refractivity contribution < 1.29 is 27.8 Å². The number of urea groups is 1. The largest absolute Gasteiger partial charge is 0.480 e. The number of carbonyl (C=O) groups excluding carboxylic acids is 2. The minimum atomic E-state index is -1.09. The molecule has 4 aromatic rings. The van der Waals surface area contributed by atoms with Crippen molar-refractivity contribution in [1.29, 1.82) is 0 Å². The Hall–Kier alpha value is -4.72. The van der Waals surface area contributed by atoms with Gasteiger partial charge in [-0.1, -0.05) is 60.7 Å². The molecule has 0 spiro atoms. The fourth-order valence-corrected chi connectivity index (χ4v) is 3.56. The molecule has 0 aliphatic rings. The third-order valence-corrected chi connectivity index (χ3v) is 5.27. The van der Waals surface area contributed by atoms with Crippen LogP contribution in [-0.2, 0) is 4.74 Å². The number of amides is 2. The normalized spacial score (nSPS) is 10.6. The van der Waals surface area contributed by atoms with Crippen molar-refractivity contribution in [3.05, 3.63) is 125 Å². The lowest BCUT2D eigenvalue weighted by molar-refractivity contribution is 0.0594. The summed E-state index contributed by atoms with van der Waals surface area (Å²) in [7, 11) is 1.24. The first-order valence-electron chi connectivity index (χ1n) is 11.0. The van der Waals surface area contributed by atoms with E-state index in [4.69, 9.17) is 9.47 Å². The van der Waals surface area contributed by atoms with Crippen LogP contribution < -0.4 is 15.4 Å². The van der Waals surface area contributed by atoms with Crippen LogP contribution in [0.25, 0.3) is 0 Å². The van der Waals surface area contributed by atoms with Crippen molar-refractivity contribution in [2.75, 3.05) is 17.7 Å². The van der Waals surface area contributed by atoms with Gasteiger partial charge in [0.25, 0.3) is 0 Å². The Balaban J connectivity index is 1.60. The van der Waals surface area contributed by atoms with Crippen molar-refractivity contribution in [1.82, 2.24) is 0 Å². The van der Waals surface area contributed by atoms with Crippen LogP contribution in [0, 0.1) is 11.6 Å². The summed E-state index contributed by atoms with van der Waals surface area (Å²) < 4.78 is 37.8. The topological polar surface area (TPSA) is 76.7 Å². The minimum Gasteiger partial charge on any atom is -0.480 e. The molecule has 0 aromatic heterocycles. The van der Waals surface area contributed by atoms with Gasteiger partial charge in [0.05, 0.1) is 7.11 Å². The average Bonchev–Trinajstić information content (AvgIpc) is 2.90. The van der Waals surface area contributed by atoms with Crippen LogP contribution in [0.5, 0.6) is 5.75 Å². The first kappa shape index (κ1) is 24.4. The molecule has 0 bridgehead atoms. The standard InChI is InChI=1S/C28H22F2N2O4/c1-35-27(33)22-16-20(31-28(34)32-21-12-14-23(29)24(30)17-21)13-15-25(22)36-26(18-8-4-2-5-9-18)19-10-6-3-7-11-19/h2-17,26H,1H3,(H2,31,32,34). The number of hydrogen-bond donors (Lipinski definition) is 2. The minimum absolute atomic E-state index is 0.0631. The van der Waals surface area contributed by atoms with Gasteiger partial charge in [-0.3, -0.25) is 0 Å². The number of carbonyl (C=O) groups is 2. The Morgan fingerprint density at radius 2 is 1.28 bits per heavy atom. The summed E-state index contributed by atoms with van der Waals surface area (Å²) in [5.74, 6) is -2.52. The summed E-state index contributed by atoms with van der Waals surface area (Å²) in [6.07, 6.45) is -0.508. The quantitative estimate of drug-likeness (QED) is 0.289. The molecule has 0 fully saturated rings. The summed E-state index contributed by atoms with van der Waals surface area (Å²) in [6.45, 7) is 0. The molecule has 6 nitrogen and oxygen atoms in total. The molecular formula is C28H22F2N2O4. The average molecular weight is 488 g/mol. The van der Waals surface area contributed by atoms with Gasteiger partial charge in [-0.2, -0.15) is 0 Å². The maximum absolute atomic E-state index is 13.4. The zero-order valence-electron chi connectivity index (χ0n) is 19.2. The second-order valence-corrected chi connectivity index (χ2v) is 7.73. The molecule has 4 aromatic carbocycles. The lowest BCUT2D eigenvalue weighted by Crippen LogP contribution is -2.20. The Morgan fingerprint density at radius 1 is 0.722 bits per heavy atom. The van der Waals surface area contributed by atoms with E-state index in [-0.39, 0.29) is 22.7 Å². The summed E-state index contributed by atoms with van der Waals surface area (Å²) in [5, 5.41) is 4.96. The number of benzene rings is 4. The molecule has 0 aliphatic carbocycles. The third kappa shape index (κ3) is 5.85. The molecule has 0 radical (unpaired) electrons. The maximum atomic E-state index is 13.4. The first-order valence-corrected chi connectivity index (χ1v) is 11.0. The number of methoxy groups -OCH3 is 1. The number of nitrogens with one attached hydrogen (secondary N) is 2. The molecule has 0 atom stereocenters. The van der Waals surface area contributed by atoms with Gasteiger partial charge < -0.3 is 20.1 Å². The van der Waals surface area contributed by atoms with E-state index in [2.05, 4.69) is 10.6 Å². The van der Waals surface area contributed by atoms with E-state index >= 15 is 0 Å². The Labute approximate surface area is 206 Å². The zero-order chi connectivity index (χ0) is 25.5. The van der Waals surface area contributed by atoms with Gasteiger partial charge in [0.15, 0.2) is 11.6 Å². The van der Waals surface area contributed by atoms with Gasteiger partial charge in [0.2, 0.25) is 0 Å². The van der Waals surface area contributed by atoms with Gasteiger partial charge in [0, 0.05) is 17.4 Å². The van der Waals surface area contributed by atoms with Crippen molar-refractivity contribution in [2.45, 2.75) is 6.10 Å². The van der Waals surface area contributed by atoms with Crippen LogP contribution >= 0.6 is 0 Å². The molecule has 0 saturated heterocycles. The first-order chi connectivity index (χ1) is 17.4. The number of hydrogen-bond acceptors (Lipinski definition) is 4. The molecule has 36 heavy (non-hydrogen) atoms. The van der Waals surface area contributed by atoms with Gasteiger partial charge >= 0.3 is 12.0 Å². The molecular weight excluding hydrogens is 466 g/mol. The fraction of sp³-hybridized carbons (Fsp3) is 0.0714. The maximum Gasteiger partial charge on any atom is 0.341 e. The summed E-state index contributed by atoms with van der Waals surface area (Å²) in [5.41, 5.74) is 2.19. The predicted octanol–water partition coefficient (Wildman–Crippen LogP) is 6.56. The van der Waals surface area contributed by atoms with E-state index in [0.717, 1.165) is 23.3 Å². The number of rotatable bonds is 7. The van der Waals surface area contributed by atoms with E-state index in [1.54, 1.807) is 12.1 Å². The lowest BCUT2D eigenvalue weighted by Gasteiger charge is -2.22. The highest BCUT2D eigenvalue weighted by Crippen LogP contribution is 2.32. The fourth-order valence-electron chi connectivity index (χ4n) is 3.56. The SMILES string of the molecule is COC(=O)c1cc(NC(=O)Nc2ccc(F)c(F)c2)ccc1OC(c1ccccc1)c1ccccc1. The van der Waals surface area contributed by atoms with Crippen LogP contribution in [-0.4, -0.2) is 19.1 Å². The van der Waals surface area contributed by atoms with Crippen LogP contribution in [0.15, 0.2) is 97.1 Å². The van der Waals surface area contributed by atoms with Crippen molar-refractivity contribution in [2.24, 2.45) is 0 Å². The van der Waals surface area contributed by atoms with Crippen molar-refractivity contribution in [3.8, 4) is 5.75 Å². The van der Waals surface area contributed by atoms with E-state index in [1.165, 1.54) is 19.2 Å². The van der Waals surface area contributed by atoms with E-state index < -0.39 is 29.7 Å². The van der Waals surface area contributed by atoms with Crippen LogP contribution in [0.2, 0.25) is 0 Å². The van der Waals surface area contributed by atoms with E-state index in [9.17, 15) is 18.4 Å². The molecule has 2 N–H and O–H groups in total. The predicted molar refractivity (Wildman–Crippen MR) is 132 cm³/mol. The highest BCUT2D eigenvalue weighted by molar-refractivity contribution is 6.01. The number of ether oxygens (including phenoxy) is 2. The van der Waals surface area contributed by atoms with Crippen molar-refractivity contribution >= 4 is 23.4 Å². The Kier molecular flexibility index (Phi) is 7.55. The second kappa shape index (κ2) is 11.1. The van der Waals surface area contributed by atoms with Gasteiger partial charge in [0.1, 0.15) is 17.4 Å². The highest BCUT2D eigenvalue weighted by Gasteiger charge is 2.21. The zero-order valence-corrected chi connectivity index (χ0v) is 19.2. The number of halogens is 2. The van der Waals surface area contributed by atoms with Gasteiger partial charge in [-0.25, -0.2) is 18.4 Å². The highest BCUT2D eigenvalue weighted by atomic mass is 19.2. The molecule has 0 heterocycles. The number of esters is 1. The van der Waals surface area contributed by atoms with Crippen LogP contribution in [0.1, 0.15) is 27.6 Å². The van der Waals surface area contributed by atoms with Crippen LogP contribution in [0.3, 0.4) is 0 Å². The molecule has 8 heteroatoms. The molecule has 0 aliphatic heterocycles. The third-order valence-electron chi connectivity index (χ3n) is 5.27. The van der Waals surface area contributed by atoms with Crippen molar-refractivity contribution in [3.63, 3.8) is 0 Å². The second-order valence-electron chi connectivity index (χ2n) is 7.73. The van der Waals surface area contributed by atoms with Gasteiger partial charge in [-0.15, -0.1) is 0 Å². The molecule has 182 valence electrons. The lowest BCUT2D eigenvalue weighted by atomic mass is 10.0. The van der Waals surface area contributed by atoms with Gasteiger partial charge in [-0.05, 0) is 41.5 Å². The summed E-state index contributed by atoms with van der Waals surface area (Å²) in [4.78, 5) is 25.0. The Morgan fingerprint density at radius 3 is 1.83 bits per heavy atom. The smallest absolute Gasteiger partial charge is 0.341 e. The summed E-state index contributed by atoms with van der Waals surface area (Å²) >= 11 is 0. The van der Waals surface area contributed by atoms with E-state index in [0.29, 0.717) is 0 Å². The molecule has 0 unspecified atom stereocenters. The molecule has 0 saturated carbocycles. The number of anilines is 2. The molecule has 4 rings (SSSR count). The van der Waals surface area contributed by atoms with Crippen LogP contribution in [0.4, 0.5) is 25.0 Å².